The molecule has 0 aromatic heterocycles. The first-order valence-electron chi connectivity index (χ1n) is 12.2. The van der Waals surface area contributed by atoms with Crippen LogP contribution in [0.4, 0.5) is 4.79 Å². The molecule has 0 radical (unpaired) electrons. The van der Waals surface area contributed by atoms with Crippen LogP contribution in [-0.2, 0) is 14.3 Å². The third kappa shape index (κ3) is 6.41. The van der Waals surface area contributed by atoms with E-state index in [1.807, 2.05) is 18.7 Å². The number of halogens is 2. The zero-order chi connectivity index (χ0) is 26.4. The molecule has 0 bridgehead atoms. The minimum absolute atomic E-state index is 0.0651. The van der Waals surface area contributed by atoms with Crippen LogP contribution < -0.4 is 5.32 Å². The van der Waals surface area contributed by atoms with Crippen molar-refractivity contribution in [2.24, 2.45) is 5.92 Å². The fourth-order valence-electron chi connectivity index (χ4n) is 4.54. The van der Waals surface area contributed by atoms with Crippen molar-refractivity contribution in [1.29, 1.82) is 0 Å². The summed E-state index contributed by atoms with van der Waals surface area (Å²) in [7, 11) is 0. The van der Waals surface area contributed by atoms with Crippen molar-refractivity contribution < 1.29 is 19.1 Å². The number of ether oxygens (including phenoxy) is 1. The number of nitrogens with zero attached hydrogens (tertiary/aromatic N) is 3. The van der Waals surface area contributed by atoms with Gasteiger partial charge in [0, 0.05) is 60.9 Å². The Hall–Kier alpha value is -2.55. The monoisotopic (exact) mass is 536 g/mol. The molecular weight excluding hydrogens is 503 g/mol. The summed E-state index contributed by atoms with van der Waals surface area (Å²) in [5.41, 5.74) is 1.41. The van der Waals surface area contributed by atoms with E-state index in [0.717, 1.165) is 13.0 Å². The van der Waals surface area contributed by atoms with Crippen LogP contribution in [0.1, 0.15) is 38.8 Å². The number of rotatable bonds is 8. The number of nitrogens with one attached hydrogen (secondary N) is 1. The lowest BCUT2D eigenvalue weighted by molar-refractivity contribution is -0.139. The molecule has 0 spiro atoms. The molecule has 1 saturated heterocycles. The zero-order valence-corrected chi connectivity index (χ0v) is 22.6. The van der Waals surface area contributed by atoms with E-state index < -0.39 is 12.0 Å². The predicted molar refractivity (Wildman–Crippen MR) is 141 cm³/mol. The lowest BCUT2D eigenvalue weighted by Gasteiger charge is -2.38. The van der Waals surface area contributed by atoms with Crippen molar-refractivity contribution in [2.75, 3.05) is 45.9 Å². The SMILES string of the molecule is C=CCN1C(=O)NC(c2ccc(Cl)cc2Cl)C(C(=O)OCC)=C1CN1CCCN(C(=O)C(C)C)CC1. The second-order valence-electron chi connectivity index (χ2n) is 9.14. The molecule has 2 heterocycles. The van der Waals surface area contributed by atoms with Gasteiger partial charge in [-0.25, -0.2) is 9.59 Å². The summed E-state index contributed by atoms with van der Waals surface area (Å²) in [5.74, 6) is -0.459. The van der Waals surface area contributed by atoms with Gasteiger partial charge in [0.05, 0.1) is 18.2 Å². The Morgan fingerprint density at radius 3 is 2.61 bits per heavy atom. The van der Waals surface area contributed by atoms with Crippen LogP contribution in [0.25, 0.3) is 0 Å². The van der Waals surface area contributed by atoms with Crippen molar-refractivity contribution in [2.45, 2.75) is 33.2 Å². The quantitative estimate of drug-likeness (QED) is 0.396. The highest BCUT2D eigenvalue weighted by atomic mass is 35.5. The van der Waals surface area contributed by atoms with E-state index in [9.17, 15) is 14.4 Å². The number of hydrogen-bond acceptors (Lipinski definition) is 5. The molecule has 36 heavy (non-hydrogen) atoms. The van der Waals surface area contributed by atoms with Gasteiger partial charge in [0.2, 0.25) is 5.91 Å². The molecule has 0 saturated carbocycles. The topological polar surface area (TPSA) is 82.2 Å². The second-order valence-corrected chi connectivity index (χ2v) is 9.98. The standard InChI is InChI=1S/C26H34Cl2N4O4/c1-5-10-32-21(16-30-11-7-12-31(14-13-30)24(33)17(3)4)22(25(34)36-6-2)23(29-26(32)35)19-9-8-18(27)15-20(19)28/h5,8-9,15,17,23H,1,6-7,10-14,16H2,2-4H3,(H,29,35). The Balaban J connectivity index is 2.03. The number of carbonyl (C=O) groups excluding carboxylic acids is 3. The first-order valence-corrected chi connectivity index (χ1v) is 13.0. The Morgan fingerprint density at radius 1 is 1.22 bits per heavy atom. The lowest BCUT2D eigenvalue weighted by Crippen LogP contribution is -2.51. The third-order valence-corrected chi connectivity index (χ3v) is 6.85. The van der Waals surface area contributed by atoms with Crippen molar-refractivity contribution >= 4 is 41.1 Å². The van der Waals surface area contributed by atoms with Crippen molar-refractivity contribution in [3.8, 4) is 0 Å². The number of carbonyl (C=O) groups is 3. The number of hydrogen-bond donors (Lipinski definition) is 1. The van der Waals surface area contributed by atoms with Crippen LogP contribution in [0.2, 0.25) is 10.0 Å². The Kier molecular flexibility index (Phi) is 9.82. The van der Waals surface area contributed by atoms with E-state index in [2.05, 4.69) is 16.8 Å². The van der Waals surface area contributed by atoms with Gasteiger partial charge in [-0.3, -0.25) is 14.6 Å². The Labute approximate surface area is 222 Å². The van der Waals surface area contributed by atoms with Crippen molar-refractivity contribution in [3.63, 3.8) is 0 Å². The predicted octanol–water partition coefficient (Wildman–Crippen LogP) is 4.25. The largest absolute Gasteiger partial charge is 0.463 e. The van der Waals surface area contributed by atoms with Crippen LogP contribution in [0, 0.1) is 5.92 Å². The summed E-state index contributed by atoms with van der Waals surface area (Å²) in [6.45, 7) is 12.7. The minimum atomic E-state index is -0.802. The van der Waals surface area contributed by atoms with Gasteiger partial charge in [0.25, 0.3) is 0 Å². The molecule has 196 valence electrons. The van der Waals surface area contributed by atoms with Gasteiger partial charge in [0.15, 0.2) is 0 Å². The summed E-state index contributed by atoms with van der Waals surface area (Å²) >= 11 is 12.6. The summed E-state index contributed by atoms with van der Waals surface area (Å²) < 4.78 is 5.44. The normalized spacial score (nSPS) is 19.3. The van der Waals surface area contributed by atoms with Crippen LogP contribution in [-0.4, -0.2) is 78.5 Å². The molecule has 1 aromatic rings. The van der Waals surface area contributed by atoms with Crippen molar-refractivity contribution in [3.05, 3.63) is 57.7 Å². The molecule has 1 unspecified atom stereocenters. The molecule has 1 fully saturated rings. The minimum Gasteiger partial charge on any atom is -0.463 e. The molecular formula is C26H34Cl2N4O4. The van der Waals surface area contributed by atoms with Gasteiger partial charge < -0.3 is 15.0 Å². The number of urea groups is 1. The summed E-state index contributed by atoms with van der Waals surface area (Å²) in [4.78, 5) is 44.7. The second kappa shape index (κ2) is 12.6. The molecule has 0 aliphatic carbocycles. The first-order chi connectivity index (χ1) is 17.2. The molecule has 2 aliphatic heterocycles. The van der Waals surface area contributed by atoms with Gasteiger partial charge >= 0.3 is 12.0 Å². The van der Waals surface area contributed by atoms with Gasteiger partial charge in [-0.1, -0.05) is 49.2 Å². The Bertz CT molecular complexity index is 1040. The van der Waals surface area contributed by atoms with Gasteiger partial charge in [-0.15, -0.1) is 6.58 Å². The van der Waals surface area contributed by atoms with Crippen LogP contribution in [0.5, 0.6) is 0 Å². The smallest absolute Gasteiger partial charge is 0.338 e. The van der Waals surface area contributed by atoms with Crippen LogP contribution in [0.15, 0.2) is 42.1 Å². The molecule has 3 amide bonds. The highest BCUT2D eigenvalue weighted by molar-refractivity contribution is 6.35. The molecule has 10 heteroatoms. The summed E-state index contributed by atoms with van der Waals surface area (Å²) in [6, 6.07) is 3.79. The van der Waals surface area contributed by atoms with E-state index in [4.69, 9.17) is 27.9 Å². The fourth-order valence-corrected chi connectivity index (χ4v) is 5.06. The lowest BCUT2D eigenvalue weighted by atomic mass is 9.94. The highest BCUT2D eigenvalue weighted by Crippen LogP contribution is 2.36. The molecule has 2 aliphatic rings. The van der Waals surface area contributed by atoms with Gasteiger partial charge in [-0.05, 0) is 31.0 Å². The Morgan fingerprint density at radius 2 is 1.97 bits per heavy atom. The van der Waals surface area contributed by atoms with E-state index in [1.165, 1.54) is 4.90 Å². The van der Waals surface area contributed by atoms with Gasteiger partial charge in [-0.2, -0.15) is 0 Å². The first kappa shape index (κ1) is 28.0. The van der Waals surface area contributed by atoms with E-state index in [1.54, 1.807) is 31.2 Å². The van der Waals surface area contributed by atoms with Crippen molar-refractivity contribution in [1.82, 2.24) is 20.0 Å². The molecule has 1 N–H and O–H groups in total. The van der Waals surface area contributed by atoms with E-state index in [0.29, 0.717) is 53.1 Å². The summed E-state index contributed by atoms with van der Waals surface area (Å²) in [6.07, 6.45) is 2.41. The third-order valence-electron chi connectivity index (χ3n) is 6.29. The van der Waals surface area contributed by atoms with Gasteiger partial charge in [0.1, 0.15) is 0 Å². The summed E-state index contributed by atoms with van der Waals surface area (Å²) in [5, 5.41) is 3.70. The van der Waals surface area contributed by atoms with Crippen LogP contribution in [0.3, 0.4) is 0 Å². The number of esters is 1. The molecule has 1 atom stereocenters. The zero-order valence-electron chi connectivity index (χ0n) is 21.1. The molecule has 3 rings (SSSR count). The maximum Gasteiger partial charge on any atom is 0.338 e. The maximum absolute atomic E-state index is 13.3. The molecule has 8 nitrogen and oxygen atoms in total. The van der Waals surface area contributed by atoms with Crippen LogP contribution >= 0.6 is 23.2 Å². The van der Waals surface area contributed by atoms with E-state index >= 15 is 0 Å². The highest BCUT2D eigenvalue weighted by Gasteiger charge is 2.39. The maximum atomic E-state index is 13.3. The van der Waals surface area contributed by atoms with E-state index in [-0.39, 0.29) is 31.0 Å². The molecule has 1 aromatic carbocycles. The fraction of sp³-hybridized carbons (Fsp3) is 0.500. The average Bonchev–Trinajstić information content (AvgIpc) is 3.06. The number of amides is 3. The number of benzene rings is 1. The average molecular weight is 537 g/mol.